The first-order valence-electron chi connectivity index (χ1n) is 11.5. The van der Waals surface area contributed by atoms with Crippen LogP contribution < -0.4 is 19.8 Å². The molecule has 0 radical (unpaired) electrons. The Balaban J connectivity index is 1.32. The summed E-state index contributed by atoms with van der Waals surface area (Å²) in [5, 5.41) is 5.36. The SMILES string of the molecule is COc1ccc2[nH]cc(C=NNc3nc(OCCc4ccccc4)nc(N4CCOCC4)n3)c2c1. The van der Waals surface area contributed by atoms with Crippen molar-refractivity contribution in [1.29, 1.82) is 0 Å². The molecule has 1 fully saturated rings. The van der Waals surface area contributed by atoms with Crippen molar-refractivity contribution in [1.82, 2.24) is 19.9 Å². The Morgan fingerprint density at radius 2 is 1.97 bits per heavy atom. The second-order valence-electron chi connectivity index (χ2n) is 7.95. The molecular formula is C25H27N7O3. The number of ether oxygens (including phenoxy) is 3. The number of rotatable bonds is 9. The minimum Gasteiger partial charge on any atom is -0.497 e. The van der Waals surface area contributed by atoms with Gasteiger partial charge in [-0.25, -0.2) is 5.43 Å². The van der Waals surface area contributed by atoms with Crippen molar-refractivity contribution in [3.05, 3.63) is 65.9 Å². The maximum Gasteiger partial charge on any atom is 0.323 e. The average Bonchev–Trinajstić information content (AvgIpc) is 3.32. The number of anilines is 2. The van der Waals surface area contributed by atoms with E-state index in [9.17, 15) is 0 Å². The summed E-state index contributed by atoms with van der Waals surface area (Å²) in [7, 11) is 1.65. The van der Waals surface area contributed by atoms with Crippen LogP contribution in [0.5, 0.6) is 11.8 Å². The molecule has 1 aliphatic rings. The number of morpholine rings is 1. The summed E-state index contributed by atoms with van der Waals surface area (Å²) in [5.41, 5.74) is 6.02. The van der Waals surface area contributed by atoms with Crippen LogP contribution in [0.1, 0.15) is 11.1 Å². The van der Waals surface area contributed by atoms with E-state index in [-0.39, 0.29) is 6.01 Å². The lowest BCUT2D eigenvalue weighted by Crippen LogP contribution is -2.37. The Labute approximate surface area is 203 Å². The summed E-state index contributed by atoms with van der Waals surface area (Å²) in [6.07, 6.45) is 4.36. The molecule has 10 heteroatoms. The zero-order valence-electron chi connectivity index (χ0n) is 19.5. The minimum atomic E-state index is 0.256. The smallest absolute Gasteiger partial charge is 0.323 e. The first-order valence-corrected chi connectivity index (χ1v) is 11.5. The third kappa shape index (κ3) is 5.67. The average molecular weight is 474 g/mol. The molecule has 2 N–H and O–H groups in total. The van der Waals surface area contributed by atoms with E-state index in [0.29, 0.717) is 44.8 Å². The lowest BCUT2D eigenvalue weighted by Gasteiger charge is -2.26. The van der Waals surface area contributed by atoms with Crippen LogP contribution in [0.15, 0.2) is 59.8 Å². The van der Waals surface area contributed by atoms with Crippen LogP contribution in [0.25, 0.3) is 10.9 Å². The highest BCUT2D eigenvalue weighted by Gasteiger charge is 2.17. The maximum absolute atomic E-state index is 5.89. The van der Waals surface area contributed by atoms with Gasteiger partial charge in [-0.1, -0.05) is 30.3 Å². The first-order chi connectivity index (χ1) is 17.3. The second-order valence-corrected chi connectivity index (χ2v) is 7.95. The number of methoxy groups -OCH3 is 1. The molecule has 2 aromatic carbocycles. The number of aromatic amines is 1. The predicted octanol–water partition coefficient (Wildman–Crippen LogP) is 3.27. The summed E-state index contributed by atoms with van der Waals surface area (Å²) >= 11 is 0. The van der Waals surface area contributed by atoms with E-state index in [1.54, 1.807) is 13.3 Å². The molecule has 3 heterocycles. The van der Waals surface area contributed by atoms with E-state index in [2.05, 4.69) is 47.5 Å². The number of benzene rings is 2. The molecule has 10 nitrogen and oxygen atoms in total. The van der Waals surface area contributed by atoms with Crippen LogP contribution in [-0.2, 0) is 11.2 Å². The number of hydrogen-bond acceptors (Lipinski definition) is 9. The topological polar surface area (TPSA) is 110 Å². The van der Waals surface area contributed by atoms with Gasteiger partial charge in [0, 0.05) is 42.2 Å². The third-order valence-electron chi connectivity index (χ3n) is 5.65. The molecule has 0 saturated carbocycles. The van der Waals surface area contributed by atoms with Crippen molar-refractivity contribution in [2.45, 2.75) is 6.42 Å². The normalized spacial score (nSPS) is 13.9. The standard InChI is InChI=1S/C25H27N7O3/c1-33-20-7-8-22-21(15-20)19(16-26-22)17-27-31-23-28-24(32-10-13-34-14-11-32)30-25(29-23)35-12-9-18-5-3-2-4-6-18/h2-8,15-17,26H,9-14H2,1H3,(H,28,29,30,31). The van der Waals surface area contributed by atoms with Gasteiger partial charge in [0.1, 0.15) is 5.75 Å². The molecule has 5 rings (SSSR count). The summed E-state index contributed by atoms with van der Waals surface area (Å²) in [4.78, 5) is 18.8. The highest BCUT2D eigenvalue weighted by Crippen LogP contribution is 2.23. The van der Waals surface area contributed by atoms with Crippen LogP contribution in [0, 0.1) is 0 Å². The molecule has 2 aromatic heterocycles. The van der Waals surface area contributed by atoms with Crippen molar-refractivity contribution >= 4 is 29.0 Å². The Morgan fingerprint density at radius 1 is 1.11 bits per heavy atom. The molecule has 0 unspecified atom stereocenters. The lowest BCUT2D eigenvalue weighted by atomic mass is 10.2. The Morgan fingerprint density at radius 3 is 2.80 bits per heavy atom. The fourth-order valence-corrected chi connectivity index (χ4v) is 3.78. The van der Waals surface area contributed by atoms with Crippen LogP contribution >= 0.6 is 0 Å². The molecule has 1 aliphatic heterocycles. The van der Waals surface area contributed by atoms with Crippen LogP contribution in [0.3, 0.4) is 0 Å². The quantitative estimate of drug-likeness (QED) is 0.282. The second kappa shape index (κ2) is 10.8. The molecule has 4 aromatic rings. The Bertz CT molecular complexity index is 1290. The van der Waals surface area contributed by atoms with Gasteiger partial charge in [0.2, 0.25) is 5.95 Å². The van der Waals surface area contributed by atoms with Gasteiger partial charge < -0.3 is 24.1 Å². The van der Waals surface area contributed by atoms with Gasteiger partial charge in [-0.05, 0) is 23.8 Å². The fraction of sp³-hybridized carbons (Fsp3) is 0.280. The zero-order chi connectivity index (χ0) is 23.9. The van der Waals surface area contributed by atoms with Crippen LogP contribution in [0.2, 0.25) is 0 Å². The molecule has 0 spiro atoms. The van der Waals surface area contributed by atoms with E-state index >= 15 is 0 Å². The van der Waals surface area contributed by atoms with Gasteiger partial charge in [0.15, 0.2) is 0 Å². The fourth-order valence-electron chi connectivity index (χ4n) is 3.78. The molecule has 35 heavy (non-hydrogen) atoms. The van der Waals surface area contributed by atoms with Crippen molar-refractivity contribution in [3.63, 3.8) is 0 Å². The summed E-state index contributed by atoms with van der Waals surface area (Å²) in [6.45, 7) is 3.11. The van der Waals surface area contributed by atoms with Gasteiger partial charge >= 0.3 is 6.01 Å². The van der Waals surface area contributed by atoms with E-state index in [1.807, 2.05) is 42.6 Å². The number of nitrogens with zero attached hydrogens (tertiary/aromatic N) is 5. The van der Waals surface area contributed by atoms with Crippen molar-refractivity contribution in [2.75, 3.05) is 50.3 Å². The van der Waals surface area contributed by atoms with Gasteiger partial charge in [-0.2, -0.15) is 20.1 Å². The van der Waals surface area contributed by atoms with Gasteiger partial charge in [0.05, 0.1) is 33.1 Å². The van der Waals surface area contributed by atoms with E-state index in [1.165, 1.54) is 5.56 Å². The van der Waals surface area contributed by atoms with Crippen molar-refractivity contribution in [2.24, 2.45) is 5.10 Å². The molecule has 0 aliphatic carbocycles. The Kier molecular flexibility index (Phi) is 7.00. The number of fused-ring (bicyclic) bond motifs is 1. The minimum absolute atomic E-state index is 0.256. The summed E-state index contributed by atoms with van der Waals surface area (Å²) in [6, 6.07) is 16.3. The highest BCUT2D eigenvalue weighted by molar-refractivity contribution is 5.99. The van der Waals surface area contributed by atoms with Crippen LogP contribution in [-0.4, -0.2) is 66.2 Å². The Hall–Kier alpha value is -4.18. The van der Waals surface area contributed by atoms with E-state index < -0.39 is 0 Å². The summed E-state index contributed by atoms with van der Waals surface area (Å²) in [5.74, 6) is 1.63. The first kappa shape index (κ1) is 22.6. The number of hydrogen-bond donors (Lipinski definition) is 2. The lowest BCUT2D eigenvalue weighted by molar-refractivity contribution is 0.122. The molecule has 1 saturated heterocycles. The zero-order valence-corrected chi connectivity index (χ0v) is 19.5. The highest BCUT2D eigenvalue weighted by atomic mass is 16.5. The molecular weight excluding hydrogens is 446 g/mol. The van der Waals surface area contributed by atoms with Gasteiger partial charge in [-0.15, -0.1) is 0 Å². The van der Waals surface area contributed by atoms with E-state index in [0.717, 1.165) is 28.6 Å². The van der Waals surface area contributed by atoms with Gasteiger partial charge in [-0.3, -0.25) is 0 Å². The van der Waals surface area contributed by atoms with E-state index in [4.69, 9.17) is 14.2 Å². The monoisotopic (exact) mass is 473 g/mol. The maximum atomic E-state index is 5.89. The summed E-state index contributed by atoms with van der Waals surface area (Å²) < 4.78 is 16.7. The predicted molar refractivity (Wildman–Crippen MR) is 135 cm³/mol. The molecule has 0 amide bonds. The number of aromatic nitrogens is 4. The molecule has 180 valence electrons. The van der Waals surface area contributed by atoms with Crippen LogP contribution in [0.4, 0.5) is 11.9 Å². The molecule has 0 bridgehead atoms. The largest absolute Gasteiger partial charge is 0.497 e. The molecule has 0 atom stereocenters. The third-order valence-corrected chi connectivity index (χ3v) is 5.65. The van der Waals surface area contributed by atoms with Crippen molar-refractivity contribution in [3.8, 4) is 11.8 Å². The van der Waals surface area contributed by atoms with Crippen molar-refractivity contribution < 1.29 is 14.2 Å². The number of H-pyrrole nitrogens is 1. The van der Waals surface area contributed by atoms with Gasteiger partial charge in [0.25, 0.3) is 5.95 Å². The number of hydrazone groups is 1. The number of nitrogens with one attached hydrogen (secondary N) is 2.